The maximum absolute atomic E-state index is 12.4. The number of ether oxygens (including phenoxy) is 1. The van der Waals surface area contributed by atoms with E-state index >= 15 is 0 Å². The lowest BCUT2D eigenvalue weighted by molar-refractivity contribution is 0.0997. The zero-order valence-electron chi connectivity index (χ0n) is 12.6. The average Bonchev–Trinajstić information content (AvgIpc) is 2.59. The molecule has 0 spiro atoms. The summed E-state index contributed by atoms with van der Waals surface area (Å²) >= 11 is 0. The van der Waals surface area contributed by atoms with Crippen molar-refractivity contribution in [1.82, 2.24) is 0 Å². The molecule has 2 aromatic rings. The van der Waals surface area contributed by atoms with Gasteiger partial charge in [0.15, 0.2) is 0 Å². The molecule has 0 radical (unpaired) electrons. The maximum atomic E-state index is 12.4. The van der Waals surface area contributed by atoms with Crippen LogP contribution < -0.4 is 0 Å². The van der Waals surface area contributed by atoms with Gasteiger partial charge in [-0.25, -0.2) is 4.99 Å². The van der Waals surface area contributed by atoms with Crippen molar-refractivity contribution >= 4 is 24.4 Å². The summed E-state index contributed by atoms with van der Waals surface area (Å²) in [6.07, 6.45) is 6.87. The summed E-state index contributed by atoms with van der Waals surface area (Å²) in [5.74, 6) is -0.270. The molecule has 0 N–H and O–H groups in total. The summed E-state index contributed by atoms with van der Waals surface area (Å²) in [7, 11) is 0. The smallest absolute Gasteiger partial charge is 0.277 e. The Morgan fingerprint density at radius 1 is 0.957 bits per heavy atom. The lowest BCUT2D eigenvalue weighted by atomic mass is 10.1. The van der Waals surface area contributed by atoms with Crippen molar-refractivity contribution in [2.45, 2.75) is 6.61 Å². The highest BCUT2D eigenvalue weighted by molar-refractivity contribution is 6.03. The molecule has 0 atom stereocenters. The standard InChI is InChI=1S/C19H16N2O2/c22-19-18-8-4-3-7-17(18)14-23-12-11-20-10-9-15-5-1-2-6-16(15)13-21-19/h1-11,13H,12,14H2/b10-9-,20-11?,21-13?. The summed E-state index contributed by atoms with van der Waals surface area (Å²) in [4.78, 5) is 20.7. The molecule has 2 aromatic carbocycles. The van der Waals surface area contributed by atoms with E-state index < -0.39 is 0 Å². The molecule has 3 rings (SSSR count). The Bertz CT molecular complexity index is 791. The highest BCUT2D eigenvalue weighted by atomic mass is 16.5. The fraction of sp³-hybridized carbons (Fsp3) is 0.105. The van der Waals surface area contributed by atoms with Crippen molar-refractivity contribution in [3.63, 3.8) is 0 Å². The second kappa shape index (κ2) is 7.42. The quantitative estimate of drug-likeness (QED) is 0.747. The van der Waals surface area contributed by atoms with Crippen molar-refractivity contribution in [3.8, 4) is 0 Å². The van der Waals surface area contributed by atoms with Gasteiger partial charge < -0.3 is 4.74 Å². The van der Waals surface area contributed by atoms with Gasteiger partial charge in [-0.05, 0) is 23.3 Å². The third-order valence-corrected chi connectivity index (χ3v) is 3.46. The minimum atomic E-state index is -0.270. The van der Waals surface area contributed by atoms with E-state index in [1.807, 2.05) is 48.5 Å². The van der Waals surface area contributed by atoms with E-state index in [0.29, 0.717) is 18.8 Å². The van der Waals surface area contributed by atoms with Gasteiger partial charge in [0.2, 0.25) is 0 Å². The molecule has 4 heteroatoms. The van der Waals surface area contributed by atoms with E-state index in [1.165, 1.54) is 0 Å². The minimum absolute atomic E-state index is 0.270. The highest BCUT2D eigenvalue weighted by Crippen LogP contribution is 2.13. The highest BCUT2D eigenvalue weighted by Gasteiger charge is 2.09. The normalized spacial score (nSPS) is 16.3. The maximum Gasteiger partial charge on any atom is 0.277 e. The number of rotatable bonds is 0. The number of hydrogen-bond acceptors (Lipinski definition) is 3. The summed E-state index contributed by atoms with van der Waals surface area (Å²) in [5, 5.41) is 0. The first-order valence-electron chi connectivity index (χ1n) is 7.36. The second-order valence-electron chi connectivity index (χ2n) is 5.01. The SMILES string of the molecule is O=C1N=Cc2ccccc2/C=C\N=CCOCc2ccccc21. The van der Waals surface area contributed by atoms with Crippen molar-refractivity contribution in [1.29, 1.82) is 0 Å². The Hall–Kier alpha value is -2.85. The third kappa shape index (κ3) is 3.87. The minimum Gasteiger partial charge on any atom is -0.371 e. The fourth-order valence-electron chi connectivity index (χ4n) is 2.28. The molecule has 1 heterocycles. The van der Waals surface area contributed by atoms with E-state index in [9.17, 15) is 4.79 Å². The molecule has 23 heavy (non-hydrogen) atoms. The zero-order valence-corrected chi connectivity index (χ0v) is 12.6. The van der Waals surface area contributed by atoms with E-state index in [0.717, 1.165) is 16.7 Å². The molecule has 1 aliphatic heterocycles. The molecule has 1 amide bonds. The predicted octanol–water partition coefficient (Wildman–Crippen LogP) is 3.52. The van der Waals surface area contributed by atoms with Crippen LogP contribution in [-0.4, -0.2) is 24.9 Å². The summed E-state index contributed by atoms with van der Waals surface area (Å²) in [6, 6.07) is 15.1. The van der Waals surface area contributed by atoms with Crippen LogP contribution in [0, 0.1) is 0 Å². The molecule has 0 fully saturated rings. The van der Waals surface area contributed by atoms with Crippen LogP contribution in [0.1, 0.15) is 27.0 Å². The number of benzene rings is 2. The zero-order chi connectivity index (χ0) is 15.9. The van der Waals surface area contributed by atoms with E-state index in [4.69, 9.17) is 4.74 Å². The van der Waals surface area contributed by atoms with Gasteiger partial charge in [-0.3, -0.25) is 9.79 Å². The van der Waals surface area contributed by atoms with E-state index in [2.05, 4.69) is 9.98 Å². The summed E-state index contributed by atoms with van der Waals surface area (Å²) in [5.41, 5.74) is 3.21. The fourth-order valence-corrected chi connectivity index (χ4v) is 2.28. The monoisotopic (exact) mass is 304 g/mol. The first-order valence-corrected chi connectivity index (χ1v) is 7.36. The first-order chi connectivity index (χ1) is 11.3. The molecule has 0 aromatic heterocycles. The number of nitrogens with zero attached hydrogens (tertiary/aromatic N) is 2. The van der Waals surface area contributed by atoms with E-state index in [-0.39, 0.29) is 5.91 Å². The van der Waals surface area contributed by atoms with Crippen LogP contribution in [0.3, 0.4) is 0 Å². The van der Waals surface area contributed by atoms with Crippen LogP contribution in [0.25, 0.3) is 6.08 Å². The first kappa shape index (κ1) is 15.1. The van der Waals surface area contributed by atoms with Crippen LogP contribution in [0.5, 0.6) is 0 Å². The summed E-state index contributed by atoms with van der Waals surface area (Å²) in [6.45, 7) is 0.738. The van der Waals surface area contributed by atoms with Gasteiger partial charge in [-0.15, -0.1) is 0 Å². The Morgan fingerprint density at radius 2 is 1.74 bits per heavy atom. The van der Waals surface area contributed by atoms with Crippen LogP contribution in [0.15, 0.2) is 64.7 Å². The lowest BCUT2D eigenvalue weighted by Gasteiger charge is -2.07. The number of hydrogen-bond donors (Lipinski definition) is 0. The molecule has 0 aliphatic carbocycles. The molecule has 1 aliphatic rings. The van der Waals surface area contributed by atoms with Gasteiger partial charge in [-0.2, -0.15) is 0 Å². The molecule has 0 saturated heterocycles. The Labute approximate surface area is 134 Å². The predicted molar refractivity (Wildman–Crippen MR) is 92.0 cm³/mol. The van der Waals surface area contributed by atoms with Gasteiger partial charge in [0.1, 0.15) is 0 Å². The topological polar surface area (TPSA) is 51.0 Å². The van der Waals surface area contributed by atoms with Gasteiger partial charge in [0.05, 0.1) is 13.2 Å². The van der Waals surface area contributed by atoms with Crippen molar-refractivity contribution in [2.75, 3.05) is 6.61 Å². The average molecular weight is 304 g/mol. The molecule has 114 valence electrons. The number of amides is 1. The van der Waals surface area contributed by atoms with Crippen molar-refractivity contribution in [2.24, 2.45) is 9.98 Å². The lowest BCUT2D eigenvalue weighted by Crippen LogP contribution is -2.05. The number of carbonyl (C=O) groups is 1. The Morgan fingerprint density at radius 3 is 2.65 bits per heavy atom. The van der Waals surface area contributed by atoms with Crippen molar-refractivity contribution in [3.05, 3.63) is 77.0 Å². The third-order valence-electron chi connectivity index (χ3n) is 3.46. The van der Waals surface area contributed by atoms with Crippen molar-refractivity contribution < 1.29 is 9.53 Å². The van der Waals surface area contributed by atoms with Gasteiger partial charge in [-0.1, -0.05) is 42.5 Å². The molecular weight excluding hydrogens is 288 g/mol. The Kier molecular flexibility index (Phi) is 4.86. The van der Waals surface area contributed by atoms with E-state index in [1.54, 1.807) is 24.7 Å². The van der Waals surface area contributed by atoms with Gasteiger partial charge in [0, 0.05) is 29.8 Å². The Balaban J connectivity index is 2.01. The molecule has 4 nitrogen and oxygen atoms in total. The molecule has 0 saturated carbocycles. The number of fused-ring (bicyclic) bond motifs is 2. The largest absolute Gasteiger partial charge is 0.371 e. The molecule has 0 bridgehead atoms. The number of aliphatic imine (C=N–C) groups is 2. The molecule has 0 unspecified atom stereocenters. The summed E-state index contributed by atoms with van der Waals surface area (Å²) < 4.78 is 5.54. The van der Waals surface area contributed by atoms with Crippen LogP contribution in [0.4, 0.5) is 0 Å². The van der Waals surface area contributed by atoms with Crippen LogP contribution in [-0.2, 0) is 11.3 Å². The van der Waals surface area contributed by atoms with Gasteiger partial charge >= 0.3 is 0 Å². The van der Waals surface area contributed by atoms with Crippen LogP contribution in [0.2, 0.25) is 0 Å². The number of carbonyl (C=O) groups excluding carboxylic acids is 1. The molecular formula is C19H16N2O2. The van der Waals surface area contributed by atoms with Crippen LogP contribution >= 0.6 is 0 Å². The second-order valence-corrected chi connectivity index (χ2v) is 5.01. The van der Waals surface area contributed by atoms with Gasteiger partial charge in [0.25, 0.3) is 5.91 Å².